The van der Waals surface area contributed by atoms with Gasteiger partial charge in [-0.1, -0.05) is 25.1 Å². The first kappa shape index (κ1) is 20.3. The van der Waals surface area contributed by atoms with E-state index in [4.69, 9.17) is 4.74 Å². The summed E-state index contributed by atoms with van der Waals surface area (Å²) in [5, 5.41) is 0. The Labute approximate surface area is 166 Å². The number of rotatable bonds is 8. The predicted octanol–water partition coefficient (Wildman–Crippen LogP) is 4.16. The molecule has 28 heavy (non-hydrogen) atoms. The lowest BCUT2D eigenvalue weighted by molar-refractivity contribution is 0.104. The number of carbonyl (C=O) groups excluding carboxylic acids is 1. The van der Waals surface area contributed by atoms with Crippen molar-refractivity contribution in [3.63, 3.8) is 0 Å². The van der Waals surface area contributed by atoms with Crippen LogP contribution in [0.25, 0.3) is 6.08 Å². The van der Waals surface area contributed by atoms with Crippen molar-refractivity contribution >= 4 is 21.9 Å². The van der Waals surface area contributed by atoms with Gasteiger partial charge in [-0.3, -0.25) is 4.79 Å². The van der Waals surface area contributed by atoms with Crippen LogP contribution in [0.1, 0.15) is 42.1 Å². The van der Waals surface area contributed by atoms with Crippen LogP contribution in [-0.2, 0) is 10.0 Å². The summed E-state index contributed by atoms with van der Waals surface area (Å²) in [7, 11) is -3.46. The van der Waals surface area contributed by atoms with Crippen molar-refractivity contribution in [3.8, 4) is 5.75 Å². The summed E-state index contributed by atoms with van der Waals surface area (Å²) >= 11 is 0. The maximum atomic E-state index is 12.5. The number of nitrogens with zero attached hydrogens (tertiary/aromatic N) is 1. The number of benzene rings is 2. The molecule has 0 aromatic heterocycles. The van der Waals surface area contributed by atoms with Crippen LogP contribution in [0, 0.1) is 0 Å². The first-order valence-corrected chi connectivity index (χ1v) is 11.0. The molecule has 0 unspecified atom stereocenters. The monoisotopic (exact) mass is 399 g/mol. The van der Waals surface area contributed by atoms with Gasteiger partial charge >= 0.3 is 0 Å². The predicted molar refractivity (Wildman–Crippen MR) is 110 cm³/mol. The van der Waals surface area contributed by atoms with Crippen molar-refractivity contribution in [1.82, 2.24) is 4.31 Å². The van der Waals surface area contributed by atoms with Gasteiger partial charge in [-0.15, -0.1) is 0 Å². The molecule has 0 bridgehead atoms. The molecule has 1 aliphatic rings. The molecule has 2 aromatic carbocycles. The molecule has 1 fully saturated rings. The molecule has 3 rings (SSSR count). The Morgan fingerprint density at radius 1 is 1.04 bits per heavy atom. The minimum atomic E-state index is -3.46. The molecule has 1 heterocycles. The average molecular weight is 400 g/mol. The fourth-order valence-corrected chi connectivity index (χ4v) is 4.55. The van der Waals surface area contributed by atoms with Gasteiger partial charge in [0.25, 0.3) is 0 Å². The number of hydrogen-bond acceptors (Lipinski definition) is 4. The second-order valence-corrected chi connectivity index (χ2v) is 8.69. The third-order valence-corrected chi connectivity index (χ3v) is 6.53. The highest BCUT2D eigenvalue weighted by Crippen LogP contribution is 2.21. The fourth-order valence-electron chi connectivity index (χ4n) is 3.03. The van der Waals surface area contributed by atoms with Crippen LogP contribution in [0.15, 0.2) is 59.5 Å². The van der Waals surface area contributed by atoms with E-state index in [1.807, 2.05) is 24.3 Å². The van der Waals surface area contributed by atoms with E-state index in [0.29, 0.717) is 25.3 Å². The van der Waals surface area contributed by atoms with Crippen LogP contribution in [0.4, 0.5) is 0 Å². The summed E-state index contributed by atoms with van der Waals surface area (Å²) in [6, 6.07) is 13.7. The van der Waals surface area contributed by atoms with E-state index in [2.05, 4.69) is 6.92 Å². The van der Waals surface area contributed by atoms with Gasteiger partial charge < -0.3 is 4.74 Å². The minimum Gasteiger partial charge on any atom is -0.494 e. The van der Waals surface area contributed by atoms with Gasteiger partial charge in [0.1, 0.15) is 5.75 Å². The summed E-state index contributed by atoms with van der Waals surface area (Å²) in [5.41, 5.74) is 1.35. The van der Waals surface area contributed by atoms with Gasteiger partial charge in [0.2, 0.25) is 10.0 Å². The standard InChI is InChI=1S/C22H25NO4S/c1-2-17-27-20-10-5-18(6-11-20)7-14-22(24)19-8-12-21(13-9-19)28(25,26)23-15-3-4-16-23/h5-14H,2-4,15-17H2,1H3. The first-order valence-electron chi connectivity index (χ1n) is 9.56. The van der Waals surface area contributed by atoms with Crippen molar-refractivity contribution in [1.29, 1.82) is 0 Å². The van der Waals surface area contributed by atoms with E-state index < -0.39 is 10.0 Å². The Morgan fingerprint density at radius 3 is 2.29 bits per heavy atom. The van der Waals surface area contributed by atoms with Crippen molar-refractivity contribution in [2.45, 2.75) is 31.1 Å². The Hall–Kier alpha value is -2.44. The van der Waals surface area contributed by atoms with E-state index in [9.17, 15) is 13.2 Å². The maximum Gasteiger partial charge on any atom is 0.243 e. The number of allylic oxidation sites excluding steroid dienone is 1. The van der Waals surface area contributed by atoms with E-state index in [1.165, 1.54) is 22.5 Å². The second-order valence-electron chi connectivity index (χ2n) is 6.75. The van der Waals surface area contributed by atoms with Crippen molar-refractivity contribution in [3.05, 3.63) is 65.7 Å². The lowest BCUT2D eigenvalue weighted by Gasteiger charge is -2.15. The zero-order chi connectivity index (χ0) is 20.0. The van der Waals surface area contributed by atoms with Gasteiger partial charge in [0, 0.05) is 18.7 Å². The van der Waals surface area contributed by atoms with Crippen LogP contribution < -0.4 is 4.74 Å². The van der Waals surface area contributed by atoms with E-state index >= 15 is 0 Å². The van der Waals surface area contributed by atoms with Crippen LogP contribution >= 0.6 is 0 Å². The van der Waals surface area contributed by atoms with Crippen LogP contribution in [0.2, 0.25) is 0 Å². The maximum absolute atomic E-state index is 12.5. The van der Waals surface area contributed by atoms with Gasteiger partial charge in [0.15, 0.2) is 5.78 Å². The number of carbonyl (C=O) groups is 1. The van der Waals surface area contributed by atoms with Crippen molar-refractivity contribution in [2.75, 3.05) is 19.7 Å². The largest absolute Gasteiger partial charge is 0.494 e. The molecular formula is C22H25NO4S. The lowest BCUT2D eigenvalue weighted by atomic mass is 10.1. The summed E-state index contributed by atoms with van der Waals surface area (Å²) in [5.74, 6) is 0.636. The SMILES string of the molecule is CCCOc1ccc(C=CC(=O)c2ccc(S(=O)(=O)N3CCCC3)cc2)cc1. The second kappa shape index (κ2) is 9.17. The molecule has 1 aliphatic heterocycles. The number of ether oxygens (including phenoxy) is 1. The zero-order valence-corrected chi connectivity index (χ0v) is 16.8. The molecule has 148 valence electrons. The molecule has 2 aromatic rings. The third kappa shape index (κ3) is 4.88. The van der Waals surface area contributed by atoms with Crippen molar-refractivity contribution < 1.29 is 17.9 Å². The molecule has 5 nitrogen and oxygen atoms in total. The Morgan fingerprint density at radius 2 is 1.68 bits per heavy atom. The Bertz CT molecular complexity index is 926. The third-order valence-electron chi connectivity index (χ3n) is 4.62. The highest BCUT2D eigenvalue weighted by atomic mass is 32.2. The highest BCUT2D eigenvalue weighted by molar-refractivity contribution is 7.89. The summed E-state index contributed by atoms with van der Waals surface area (Å²) in [6.07, 6.45) is 5.97. The molecule has 0 amide bonds. The summed E-state index contributed by atoms with van der Waals surface area (Å²) in [4.78, 5) is 12.6. The van der Waals surface area contributed by atoms with E-state index in [0.717, 1.165) is 30.6 Å². The molecule has 0 N–H and O–H groups in total. The Kier molecular flexibility index (Phi) is 6.65. The number of hydrogen-bond donors (Lipinski definition) is 0. The first-order chi connectivity index (χ1) is 13.5. The van der Waals surface area contributed by atoms with E-state index in [-0.39, 0.29) is 10.7 Å². The molecule has 0 spiro atoms. The molecule has 0 atom stereocenters. The topological polar surface area (TPSA) is 63.7 Å². The van der Waals surface area contributed by atoms with Crippen LogP contribution in [0.3, 0.4) is 0 Å². The molecule has 6 heteroatoms. The molecule has 1 saturated heterocycles. The van der Waals surface area contributed by atoms with Crippen molar-refractivity contribution in [2.24, 2.45) is 0 Å². The van der Waals surface area contributed by atoms with Gasteiger partial charge in [-0.25, -0.2) is 8.42 Å². The highest BCUT2D eigenvalue weighted by Gasteiger charge is 2.26. The smallest absolute Gasteiger partial charge is 0.243 e. The number of ketones is 1. The number of sulfonamides is 1. The summed E-state index contributed by atoms with van der Waals surface area (Å²) < 4.78 is 32.1. The van der Waals surface area contributed by atoms with Gasteiger partial charge in [0.05, 0.1) is 11.5 Å². The minimum absolute atomic E-state index is 0.170. The zero-order valence-electron chi connectivity index (χ0n) is 16.0. The van der Waals surface area contributed by atoms with Gasteiger partial charge in [-0.05, 0) is 67.3 Å². The molecule has 0 aliphatic carbocycles. The quantitative estimate of drug-likeness (QED) is 0.494. The Balaban J connectivity index is 1.65. The van der Waals surface area contributed by atoms with Crippen LogP contribution in [0.5, 0.6) is 5.75 Å². The molecular weight excluding hydrogens is 374 g/mol. The van der Waals surface area contributed by atoms with Crippen LogP contribution in [-0.4, -0.2) is 38.2 Å². The normalized spacial score (nSPS) is 15.2. The van der Waals surface area contributed by atoms with E-state index in [1.54, 1.807) is 18.2 Å². The van der Waals surface area contributed by atoms with Gasteiger partial charge in [-0.2, -0.15) is 4.31 Å². The molecule has 0 radical (unpaired) electrons. The summed E-state index contributed by atoms with van der Waals surface area (Å²) in [6.45, 7) is 3.86. The lowest BCUT2D eigenvalue weighted by Crippen LogP contribution is -2.27. The average Bonchev–Trinajstić information content (AvgIpc) is 3.27. The molecule has 0 saturated carbocycles. The fraction of sp³-hybridized carbons (Fsp3) is 0.318.